The number of anilines is 1. The minimum atomic E-state index is -0.303. The molecule has 0 spiro atoms. The molecule has 6 rings (SSSR count). The highest BCUT2D eigenvalue weighted by Crippen LogP contribution is 2.33. The zero-order valence-electron chi connectivity index (χ0n) is 19.2. The Morgan fingerprint density at radius 3 is 2.60 bits per heavy atom. The molecule has 6 aromatic rings. The lowest BCUT2D eigenvalue weighted by atomic mass is 10.0. The van der Waals surface area contributed by atoms with Gasteiger partial charge in [0.15, 0.2) is 5.82 Å². The van der Waals surface area contributed by atoms with Crippen LogP contribution in [0, 0.1) is 5.82 Å². The highest BCUT2D eigenvalue weighted by Gasteiger charge is 2.16. The van der Waals surface area contributed by atoms with Crippen LogP contribution < -0.4 is 5.32 Å². The number of aromatic amines is 2. The van der Waals surface area contributed by atoms with Crippen LogP contribution in [0.5, 0.6) is 0 Å². The van der Waals surface area contributed by atoms with E-state index in [2.05, 4.69) is 56.4 Å². The zero-order valence-corrected chi connectivity index (χ0v) is 19.2. The number of pyridine rings is 2. The predicted molar refractivity (Wildman–Crippen MR) is 136 cm³/mol. The van der Waals surface area contributed by atoms with Crippen molar-refractivity contribution < 1.29 is 4.39 Å². The van der Waals surface area contributed by atoms with Crippen LogP contribution >= 0.6 is 0 Å². The third kappa shape index (κ3) is 3.89. The quantitative estimate of drug-likeness (QED) is 0.283. The Labute approximate surface area is 200 Å². The molecule has 4 aromatic heterocycles. The van der Waals surface area contributed by atoms with Gasteiger partial charge in [0.2, 0.25) is 0 Å². The maximum absolute atomic E-state index is 13.8. The Kier molecular flexibility index (Phi) is 4.99. The Hall–Kier alpha value is -4.59. The molecule has 0 saturated heterocycles. The van der Waals surface area contributed by atoms with E-state index in [-0.39, 0.29) is 5.82 Å². The fourth-order valence-electron chi connectivity index (χ4n) is 4.30. The number of fused-ring (bicyclic) bond motifs is 2. The first-order valence-electron chi connectivity index (χ1n) is 11.4. The Balaban J connectivity index is 1.45. The summed E-state index contributed by atoms with van der Waals surface area (Å²) in [6.07, 6.45) is 7.09. The second-order valence-electron chi connectivity index (χ2n) is 8.77. The van der Waals surface area contributed by atoms with Crippen LogP contribution in [-0.4, -0.2) is 36.2 Å². The van der Waals surface area contributed by atoms with Crippen LogP contribution in [-0.2, 0) is 0 Å². The number of H-pyrrole nitrogens is 2. The average Bonchev–Trinajstić information content (AvgIpc) is 3.47. The van der Waals surface area contributed by atoms with Crippen molar-refractivity contribution in [2.45, 2.75) is 19.9 Å². The normalized spacial score (nSPS) is 11.5. The highest BCUT2D eigenvalue weighted by atomic mass is 19.1. The summed E-state index contributed by atoms with van der Waals surface area (Å²) in [4.78, 5) is 16.9. The van der Waals surface area contributed by atoms with E-state index >= 15 is 0 Å². The maximum Gasteiger partial charge on any atom is 0.159 e. The number of hydrogen-bond acceptors (Lipinski definition) is 5. The molecule has 0 amide bonds. The molecule has 0 unspecified atom stereocenters. The molecule has 7 nitrogen and oxygen atoms in total. The van der Waals surface area contributed by atoms with Crippen molar-refractivity contribution in [1.82, 2.24) is 30.1 Å². The second-order valence-corrected chi connectivity index (χ2v) is 8.77. The lowest BCUT2D eigenvalue weighted by Crippen LogP contribution is -2.09. The molecule has 0 bridgehead atoms. The molecular weight excluding hydrogens is 441 g/mol. The summed E-state index contributed by atoms with van der Waals surface area (Å²) in [5, 5.41) is 12.0. The van der Waals surface area contributed by atoms with Crippen LogP contribution in [0.2, 0.25) is 0 Å². The summed E-state index contributed by atoms with van der Waals surface area (Å²) in [6.45, 7) is 4.19. The number of benzene rings is 2. The van der Waals surface area contributed by atoms with Gasteiger partial charge in [0, 0.05) is 41.1 Å². The molecule has 0 saturated carbocycles. The number of aromatic nitrogens is 6. The van der Waals surface area contributed by atoms with Gasteiger partial charge < -0.3 is 10.3 Å². The van der Waals surface area contributed by atoms with Crippen molar-refractivity contribution in [3.8, 4) is 33.8 Å². The van der Waals surface area contributed by atoms with E-state index in [9.17, 15) is 4.39 Å². The molecule has 0 atom stereocenters. The van der Waals surface area contributed by atoms with Gasteiger partial charge in [-0.1, -0.05) is 18.2 Å². The Morgan fingerprint density at radius 2 is 1.74 bits per heavy atom. The van der Waals surface area contributed by atoms with E-state index < -0.39 is 0 Å². The summed E-state index contributed by atoms with van der Waals surface area (Å²) >= 11 is 0. The third-order valence-electron chi connectivity index (χ3n) is 5.84. The van der Waals surface area contributed by atoms with Gasteiger partial charge in [-0.2, -0.15) is 5.10 Å². The molecule has 0 radical (unpaired) electrons. The fraction of sp³-hybridized carbons (Fsp3) is 0.111. The van der Waals surface area contributed by atoms with Crippen molar-refractivity contribution in [3.05, 3.63) is 79.1 Å². The fourth-order valence-corrected chi connectivity index (χ4v) is 4.30. The first kappa shape index (κ1) is 21.0. The predicted octanol–water partition coefficient (Wildman–Crippen LogP) is 6.19. The number of halogens is 1. The van der Waals surface area contributed by atoms with Gasteiger partial charge in [-0.3, -0.25) is 15.1 Å². The third-order valence-corrected chi connectivity index (χ3v) is 5.84. The lowest BCUT2D eigenvalue weighted by Gasteiger charge is -2.11. The molecule has 4 heterocycles. The van der Waals surface area contributed by atoms with Gasteiger partial charge in [-0.15, -0.1) is 0 Å². The highest BCUT2D eigenvalue weighted by molar-refractivity contribution is 5.98. The van der Waals surface area contributed by atoms with Gasteiger partial charge in [-0.05, 0) is 55.3 Å². The smallest absolute Gasteiger partial charge is 0.159 e. The number of imidazole rings is 1. The van der Waals surface area contributed by atoms with E-state index in [1.54, 1.807) is 18.5 Å². The van der Waals surface area contributed by atoms with Crippen molar-refractivity contribution in [2.24, 2.45) is 0 Å². The molecule has 35 heavy (non-hydrogen) atoms. The summed E-state index contributed by atoms with van der Waals surface area (Å²) in [5.41, 5.74) is 7.55. The molecule has 172 valence electrons. The van der Waals surface area contributed by atoms with Crippen LogP contribution in [0.1, 0.15) is 13.8 Å². The van der Waals surface area contributed by atoms with Crippen molar-refractivity contribution in [2.75, 3.05) is 5.32 Å². The minimum absolute atomic E-state index is 0.303. The minimum Gasteiger partial charge on any atom is -0.382 e. The van der Waals surface area contributed by atoms with E-state index in [4.69, 9.17) is 4.98 Å². The lowest BCUT2D eigenvalue weighted by molar-refractivity contribution is 0.628. The summed E-state index contributed by atoms with van der Waals surface area (Å²) < 4.78 is 13.8. The van der Waals surface area contributed by atoms with Crippen molar-refractivity contribution >= 4 is 27.6 Å². The van der Waals surface area contributed by atoms with Crippen LogP contribution in [0.15, 0.2) is 73.3 Å². The summed E-state index contributed by atoms with van der Waals surface area (Å²) in [6, 6.07) is 15.0. The van der Waals surface area contributed by atoms with Gasteiger partial charge in [0.25, 0.3) is 0 Å². The van der Waals surface area contributed by atoms with E-state index in [0.29, 0.717) is 23.1 Å². The molecule has 0 aliphatic heterocycles. The topological polar surface area (TPSA) is 95.2 Å². The van der Waals surface area contributed by atoms with Crippen LogP contribution in [0.25, 0.3) is 55.7 Å². The van der Waals surface area contributed by atoms with Crippen LogP contribution in [0.3, 0.4) is 0 Å². The second kappa shape index (κ2) is 8.32. The summed E-state index contributed by atoms with van der Waals surface area (Å²) in [7, 11) is 0. The zero-order chi connectivity index (χ0) is 23.9. The monoisotopic (exact) mass is 463 g/mol. The molecule has 0 fully saturated rings. The van der Waals surface area contributed by atoms with Crippen LogP contribution in [0.4, 0.5) is 10.1 Å². The van der Waals surface area contributed by atoms with Gasteiger partial charge in [0.1, 0.15) is 11.5 Å². The van der Waals surface area contributed by atoms with Crippen molar-refractivity contribution in [3.63, 3.8) is 0 Å². The number of rotatable bonds is 5. The molecule has 2 aromatic carbocycles. The van der Waals surface area contributed by atoms with Gasteiger partial charge >= 0.3 is 0 Å². The molecule has 0 aliphatic carbocycles. The SMILES string of the molecule is CC(C)Nc1cncc(-c2ccc3[nH]nc(-c4nc5c(-c6cccc(F)c6)cncc5[nH]4)c3c2)c1. The van der Waals surface area contributed by atoms with E-state index in [1.165, 1.54) is 12.1 Å². The van der Waals surface area contributed by atoms with E-state index in [0.717, 1.165) is 44.4 Å². The maximum atomic E-state index is 13.8. The number of nitrogens with one attached hydrogen (secondary N) is 3. The van der Waals surface area contributed by atoms with E-state index in [1.807, 2.05) is 30.6 Å². The van der Waals surface area contributed by atoms with Crippen molar-refractivity contribution in [1.29, 1.82) is 0 Å². The van der Waals surface area contributed by atoms with Gasteiger partial charge in [-0.25, -0.2) is 9.37 Å². The van der Waals surface area contributed by atoms with Gasteiger partial charge in [0.05, 0.1) is 28.4 Å². The molecular formula is C27H22FN7. The Morgan fingerprint density at radius 1 is 0.857 bits per heavy atom. The largest absolute Gasteiger partial charge is 0.382 e. The molecule has 0 aliphatic rings. The molecule has 8 heteroatoms. The average molecular weight is 464 g/mol. The Bertz CT molecular complexity index is 1680. The summed E-state index contributed by atoms with van der Waals surface area (Å²) in [5.74, 6) is 0.311. The molecule has 3 N–H and O–H groups in total. The number of nitrogens with zero attached hydrogens (tertiary/aromatic N) is 4. The first-order valence-corrected chi connectivity index (χ1v) is 11.4. The first-order chi connectivity index (χ1) is 17.0. The standard InChI is InChI=1S/C27H22FN7/c1-15(2)31-20-9-18(11-29-12-20)16-6-7-23-21(10-16)26(35-34-23)27-32-24-14-30-13-22(25(24)33-27)17-4-3-5-19(28)8-17/h3-15,31H,1-2H3,(H,32,33)(H,34,35). The number of hydrogen-bond donors (Lipinski definition) is 3.